The van der Waals surface area contributed by atoms with E-state index < -0.39 is 36.7 Å². The number of aliphatic hydroxyl groups is 3. The molecule has 4 atom stereocenters. The van der Waals surface area contributed by atoms with Crippen LogP contribution >= 0.6 is 11.6 Å². The molecule has 3 aromatic heterocycles. The highest BCUT2D eigenvalue weighted by molar-refractivity contribution is 6.16. The molecular formula is C14H14ClN5O5. The number of ether oxygens (including phenoxy) is 1. The van der Waals surface area contributed by atoms with Crippen LogP contribution in [0.4, 0.5) is 0 Å². The van der Waals surface area contributed by atoms with Gasteiger partial charge in [0, 0.05) is 11.8 Å². The van der Waals surface area contributed by atoms with Gasteiger partial charge in [0.15, 0.2) is 23.0 Å². The predicted octanol–water partition coefficient (Wildman–Crippen LogP) is -1.21. The number of aromatic nitrogens is 5. The standard InChI is InChI=1S/C14H14ClN5O5/c15-2-6-1-8(22)18-13-9-12(17-5-19(6)13)20(4-16-9)14-11(24)10(23)7(3-21)25-14/h1,4-5,7,10-11,14,21,23-24H,2-3H2/t7-,10+,11+,14-/m0/s1. The normalized spacial score (nSPS) is 26.7. The van der Waals surface area contributed by atoms with E-state index >= 15 is 0 Å². The van der Waals surface area contributed by atoms with Gasteiger partial charge in [0.1, 0.15) is 24.6 Å². The molecule has 11 heteroatoms. The number of nitrogens with zero attached hydrogens (tertiary/aromatic N) is 5. The maximum Gasteiger partial charge on any atom is 0.273 e. The number of fused-ring (bicyclic) bond motifs is 3. The molecule has 1 aliphatic heterocycles. The summed E-state index contributed by atoms with van der Waals surface area (Å²) >= 11 is 5.86. The number of hydrogen-bond donors (Lipinski definition) is 3. The van der Waals surface area contributed by atoms with E-state index in [1.165, 1.54) is 23.3 Å². The number of halogens is 1. The van der Waals surface area contributed by atoms with Crippen molar-refractivity contribution in [2.75, 3.05) is 6.61 Å². The van der Waals surface area contributed by atoms with Crippen molar-refractivity contribution in [2.24, 2.45) is 0 Å². The Balaban J connectivity index is 1.90. The van der Waals surface area contributed by atoms with E-state index in [4.69, 9.17) is 16.3 Å². The minimum Gasteiger partial charge on any atom is -0.394 e. The Morgan fingerprint density at radius 1 is 1.20 bits per heavy atom. The second kappa shape index (κ2) is 6.00. The van der Waals surface area contributed by atoms with Gasteiger partial charge in [-0.05, 0) is 0 Å². The largest absolute Gasteiger partial charge is 0.394 e. The summed E-state index contributed by atoms with van der Waals surface area (Å²) in [5, 5.41) is 29.3. The molecule has 3 N–H and O–H groups in total. The van der Waals surface area contributed by atoms with Crippen LogP contribution in [0.25, 0.3) is 16.8 Å². The number of rotatable bonds is 3. The summed E-state index contributed by atoms with van der Waals surface area (Å²) in [6.45, 7) is -0.437. The van der Waals surface area contributed by atoms with Crippen molar-refractivity contribution in [3.8, 4) is 0 Å². The third-order valence-electron chi connectivity index (χ3n) is 4.25. The quantitative estimate of drug-likeness (QED) is 0.491. The first-order chi connectivity index (χ1) is 12.0. The Labute approximate surface area is 144 Å². The molecule has 1 saturated heterocycles. The zero-order valence-corrected chi connectivity index (χ0v) is 13.5. The van der Waals surface area contributed by atoms with Gasteiger partial charge in [0.05, 0.1) is 18.8 Å². The summed E-state index contributed by atoms with van der Waals surface area (Å²) in [5.41, 5.74) is 0.982. The van der Waals surface area contributed by atoms with E-state index in [9.17, 15) is 20.1 Å². The first kappa shape index (κ1) is 16.4. The summed E-state index contributed by atoms with van der Waals surface area (Å²) in [4.78, 5) is 24.2. The van der Waals surface area contributed by atoms with Crippen molar-refractivity contribution in [3.05, 3.63) is 34.8 Å². The van der Waals surface area contributed by atoms with Crippen molar-refractivity contribution < 1.29 is 20.1 Å². The molecule has 0 aromatic carbocycles. The zero-order valence-electron chi connectivity index (χ0n) is 12.7. The number of aliphatic hydroxyl groups excluding tert-OH is 3. The molecule has 0 saturated carbocycles. The molecule has 1 aliphatic rings. The molecule has 4 rings (SSSR count). The Bertz CT molecular complexity index is 1000. The van der Waals surface area contributed by atoms with Crippen molar-refractivity contribution >= 4 is 28.4 Å². The lowest BCUT2D eigenvalue weighted by atomic mass is 10.1. The van der Waals surface area contributed by atoms with Crippen LogP contribution in [0.1, 0.15) is 11.9 Å². The van der Waals surface area contributed by atoms with Gasteiger partial charge in [0.2, 0.25) is 0 Å². The monoisotopic (exact) mass is 367 g/mol. The van der Waals surface area contributed by atoms with Crippen LogP contribution in [0.5, 0.6) is 0 Å². The summed E-state index contributed by atoms with van der Waals surface area (Å²) in [6.07, 6.45) is -1.58. The van der Waals surface area contributed by atoms with Crippen LogP contribution in [0.3, 0.4) is 0 Å². The SMILES string of the molecule is O=c1cc(CCl)n2cnc3c(ncn3[C@H]3O[C@@H](CO)[C@@H](O)[C@H]3O)c2n1. The molecule has 25 heavy (non-hydrogen) atoms. The highest BCUT2D eigenvalue weighted by Crippen LogP contribution is 2.31. The van der Waals surface area contributed by atoms with Crippen LogP contribution in [0.2, 0.25) is 0 Å². The topological polar surface area (TPSA) is 135 Å². The van der Waals surface area contributed by atoms with Gasteiger partial charge in [-0.2, -0.15) is 4.98 Å². The average molecular weight is 368 g/mol. The second-order valence-corrected chi connectivity index (χ2v) is 5.98. The molecule has 132 valence electrons. The Morgan fingerprint density at radius 3 is 2.68 bits per heavy atom. The van der Waals surface area contributed by atoms with Crippen LogP contribution < -0.4 is 5.56 Å². The number of hydrogen-bond acceptors (Lipinski definition) is 8. The van der Waals surface area contributed by atoms with Gasteiger partial charge in [-0.3, -0.25) is 13.8 Å². The molecule has 0 bridgehead atoms. The maximum absolute atomic E-state index is 11.8. The van der Waals surface area contributed by atoms with Crippen molar-refractivity contribution in [1.82, 2.24) is 23.9 Å². The Kier molecular flexibility index (Phi) is 3.93. The van der Waals surface area contributed by atoms with Gasteiger partial charge in [-0.25, -0.2) is 9.97 Å². The van der Waals surface area contributed by atoms with Gasteiger partial charge < -0.3 is 20.1 Å². The average Bonchev–Trinajstić information content (AvgIpc) is 3.16. The molecule has 3 aromatic rings. The van der Waals surface area contributed by atoms with E-state index in [0.29, 0.717) is 16.9 Å². The summed E-state index contributed by atoms with van der Waals surface area (Å²) in [7, 11) is 0. The van der Waals surface area contributed by atoms with Crippen LogP contribution in [0.15, 0.2) is 23.5 Å². The molecular weight excluding hydrogens is 354 g/mol. The molecule has 0 spiro atoms. The third kappa shape index (κ3) is 2.41. The van der Waals surface area contributed by atoms with E-state index in [1.54, 1.807) is 4.40 Å². The molecule has 4 heterocycles. The zero-order chi connectivity index (χ0) is 17.7. The lowest BCUT2D eigenvalue weighted by molar-refractivity contribution is -0.0511. The van der Waals surface area contributed by atoms with Crippen LogP contribution in [-0.4, -0.2) is 64.2 Å². The minimum absolute atomic E-state index is 0.0989. The Hall–Kier alpha value is -2.11. The molecule has 0 unspecified atom stereocenters. The van der Waals surface area contributed by atoms with Gasteiger partial charge in [0.25, 0.3) is 5.56 Å². The highest BCUT2D eigenvalue weighted by Gasteiger charge is 2.44. The van der Waals surface area contributed by atoms with Crippen LogP contribution in [-0.2, 0) is 10.6 Å². The van der Waals surface area contributed by atoms with Crippen LogP contribution in [0, 0.1) is 0 Å². The van der Waals surface area contributed by atoms with Gasteiger partial charge in [-0.15, -0.1) is 11.6 Å². The fourth-order valence-corrected chi connectivity index (χ4v) is 3.19. The van der Waals surface area contributed by atoms with Crippen molar-refractivity contribution in [3.63, 3.8) is 0 Å². The smallest absolute Gasteiger partial charge is 0.273 e. The summed E-state index contributed by atoms with van der Waals surface area (Å²) < 4.78 is 8.48. The number of imidazole rings is 1. The van der Waals surface area contributed by atoms with Gasteiger partial charge in [-0.1, -0.05) is 0 Å². The van der Waals surface area contributed by atoms with Crippen molar-refractivity contribution in [1.29, 1.82) is 0 Å². The molecule has 0 aliphatic carbocycles. The fourth-order valence-electron chi connectivity index (χ4n) is 2.99. The first-order valence-corrected chi connectivity index (χ1v) is 8.01. The molecule has 10 nitrogen and oxygen atoms in total. The third-order valence-corrected chi connectivity index (χ3v) is 4.52. The van der Waals surface area contributed by atoms with E-state index in [2.05, 4.69) is 15.0 Å². The molecule has 1 fully saturated rings. The van der Waals surface area contributed by atoms with E-state index in [0.717, 1.165) is 0 Å². The van der Waals surface area contributed by atoms with E-state index in [-0.39, 0.29) is 11.5 Å². The molecule has 0 amide bonds. The molecule has 0 radical (unpaired) electrons. The predicted molar refractivity (Wildman–Crippen MR) is 85.1 cm³/mol. The summed E-state index contributed by atoms with van der Waals surface area (Å²) in [5.74, 6) is 0.0989. The van der Waals surface area contributed by atoms with E-state index in [1.807, 2.05) is 0 Å². The van der Waals surface area contributed by atoms with Crippen molar-refractivity contribution in [2.45, 2.75) is 30.4 Å². The highest BCUT2D eigenvalue weighted by atomic mass is 35.5. The summed E-state index contributed by atoms with van der Waals surface area (Å²) in [6, 6.07) is 1.32. The second-order valence-electron chi connectivity index (χ2n) is 5.71. The Morgan fingerprint density at radius 2 is 2.00 bits per heavy atom. The maximum atomic E-state index is 11.8. The lowest BCUT2D eigenvalue weighted by Crippen LogP contribution is -2.33. The minimum atomic E-state index is -1.27. The van der Waals surface area contributed by atoms with Gasteiger partial charge >= 0.3 is 0 Å². The fraction of sp³-hybridized carbons (Fsp3) is 0.429. The first-order valence-electron chi connectivity index (χ1n) is 7.47. The lowest BCUT2D eigenvalue weighted by Gasteiger charge is -2.16. The number of alkyl halides is 1.